The monoisotopic (exact) mass is 335 g/mol. The third-order valence-corrected chi connectivity index (χ3v) is 4.40. The van der Waals surface area contributed by atoms with E-state index in [0.29, 0.717) is 11.6 Å². The molecule has 2 rings (SSSR count). The van der Waals surface area contributed by atoms with Gasteiger partial charge in [0, 0.05) is 23.6 Å². The summed E-state index contributed by atoms with van der Waals surface area (Å²) in [4.78, 5) is 2.42. The molecular weight excluding hydrogens is 314 g/mol. The largest absolute Gasteiger partial charge is 0.369 e. The zero-order valence-electron chi connectivity index (χ0n) is 12.0. The summed E-state index contributed by atoms with van der Waals surface area (Å²) in [6, 6.07) is 8.63. The van der Waals surface area contributed by atoms with Gasteiger partial charge in [0.05, 0.1) is 17.3 Å². The fourth-order valence-corrected chi connectivity index (χ4v) is 3.39. The second-order valence-electron chi connectivity index (χ2n) is 5.37. The zero-order valence-corrected chi connectivity index (χ0v) is 13.6. The Hall–Kier alpha value is -1.05. The molecule has 0 saturated carbocycles. The molecule has 1 aromatic rings. The SMILES string of the molecule is CCCN(CC1CCCCN1)c1ccc(C#N)cc1Br. The Kier molecular flexibility index (Phi) is 5.87. The summed E-state index contributed by atoms with van der Waals surface area (Å²) in [6.07, 6.45) is 5.00. The molecule has 1 saturated heterocycles. The van der Waals surface area contributed by atoms with Gasteiger partial charge < -0.3 is 10.2 Å². The van der Waals surface area contributed by atoms with E-state index in [9.17, 15) is 0 Å². The van der Waals surface area contributed by atoms with Crippen LogP contribution in [0.2, 0.25) is 0 Å². The lowest BCUT2D eigenvalue weighted by Gasteiger charge is -2.32. The summed E-state index contributed by atoms with van der Waals surface area (Å²) in [5, 5.41) is 12.6. The van der Waals surface area contributed by atoms with Crippen molar-refractivity contribution in [1.82, 2.24) is 5.32 Å². The van der Waals surface area contributed by atoms with E-state index in [2.05, 4.69) is 45.2 Å². The first kappa shape index (κ1) is 15.3. The van der Waals surface area contributed by atoms with Crippen LogP contribution in [-0.4, -0.2) is 25.7 Å². The Balaban J connectivity index is 2.12. The van der Waals surface area contributed by atoms with E-state index in [-0.39, 0.29) is 0 Å². The molecular formula is C16H22BrN3. The van der Waals surface area contributed by atoms with Crippen LogP contribution in [-0.2, 0) is 0 Å². The van der Waals surface area contributed by atoms with E-state index in [1.54, 1.807) is 0 Å². The molecule has 1 unspecified atom stereocenters. The molecule has 0 bridgehead atoms. The topological polar surface area (TPSA) is 39.1 Å². The van der Waals surface area contributed by atoms with Crippen molar-refractivity contribution in [2.75, 3.05) is 24.5 Å². The van der Waals surface area contributed by atoms with E-state index in [1.165, 1.54) is 24.9 Å². The van der Waals surface area contributed by atoms with Crippen molar-refractivity contribution in [2.24, 2.45) is 0 Å². The number of nitrogens with zero attached hydrogens (tertiary/aromatic N) is 2. The molecule has 1 heterocycles. The molecule has 0 aromatic heterocycles. The lowest BCUT2D eigenvalue weighted by Crippen LogP contribution is -2.44. The maximum absolute atomic E-state index is 8.96. The van der Waals surface area contributed by atoms with Crippen LogP contribution in [0, 0.1) is 11.3 Å². The van der Waals surface area contributed by atoms with Crippen LogP contribution in [0.3, 0.4) is 0 Å². The maximum Gasteiger partial charge on any atom is 0.0992 e. The second kappa shape index (κ2) is 7.66. The highest BCUT2D eigenvalue weighted by atomic mass is 79.9. The first-order valence-corrected chi connectivity index (χ1v) is 8.22. The minimum atomic E-state index is 0.581. The second-order valence-corrected chi connectivity index (χ2v) is 6.23. The summed E-state index contributed by atoms with van der Waals surface area (Å²) in [5.74, 6) is 0. The fraction of sp³-hybridized carbons (Fsp3) is 0.562. The number of hydrogen-bond acceptors (Lipinski definition) is 3. The van der Waals surface area contributed by atoms with Gasteiger partial charge in [0.15, 0.2) is 0 Å². The van der Waals surface area contributed by atoms with E-state index < -0.39 is 0 Å². The highest BCUT2D eigenvalue weighted by Gasteiger charge is 2.18. The van der Waals surface area contributed by atoms with Gasteiger partial charge in [-0.05, 0) is 59.9 Å². The van der Waals surface area contributed by atoms with Crippen LogP contribution in [0.1, 0.15) is 38.2 Å². The zero-order chi connectivity index (χ0) is 14.4. The highest BCUT2D eigenvalue weighted by Crippen LogP contribution is 2.28. The summed E-state index contributed by atoms with van der Waals surface area (Å²) in [7, 11) is 0. The lowest BCUT2D eigenvalue weighted by molar-refractivity contribution is 0.399. The van der Waals surface area contributed by atoms with Crippen molar-refractivity contribution >= 4 is 21.6 Å². The number of rotatable bonds is 5. The predicted molar refractivity (Wildman–Crippen MR) is 87.0 cm³/mol. The minimum Gasteiger partial charge on any atom is -0.369 e. The first-order valence-electron chi connectivity index (χ1n) is 7.42. The summed E-state index contributed by atoms with van der Waals surface area (Å²) in [5.41, 5.74) is 1.89. The minimum absolute atomic E-state index is 0.581. The number of piperidine rings is 1. The molecule has 1 atom stereocenters. The number of anilines is 1. The molecule has 1 aliphatic heterocycles. The number of halogens is 1. The molecule has 0 spiro atoms. The third kappa shape index (κ3) is 3.97. The number of nitriles is 1. The molecule has 0 radical (unpaired) electrons. The number of nitrogens with one attached hydrogen (secondary N) is 1. The molecule has 108 valence electrons. The predicted octanol–water partition coefficient (Wildman–Crippen LogP) is 3.68. The van der Waals surface area contributed by atoms with Gasteiger partial charge in [0.1, 0.15) is 0 Å². The molecule has 0 aliphatic carbocycles. The van der Waals surface area contributed by atoms with Crippen molar-refractivity contribution in [3.8, 4) is 6.07 Å². The summed E-state index contributed by atoms with van der Waals surface area (Å²) in [6.45, 7) is 5.43. The van der Waals surface area contributed by atoms with E-state index in [1.807, 2.05) is 12.1 Å². The van der Waals surface area contributed by atoms with Crippen molar-refractivity contribution in [3.05, 3.63) is 28.2 Å². The van der Waals surface area contributed by atoms with Crippen LogP contribution in [0.5, 0.6) is 0 Å². The fourth-order valence-electron chi connectivity index (χ4n) is 2.76. The molecule has 1 aromatic carbocycles. The standard InChI is InChI=1S/C16H22BrN3/c1-2-9-20(12-14-5-3-4-8-19-14)16-7-6-13(11-18)10-15(16)17/h6-7,10,14,19H,2-5,8-9,12H2,1H3. The molecule has 0 amide bonds. The van der Waals surface area contributed by atoms with Gasteiger partial charge in [0.25, 0.3) is 0 Å². The summed E-state index contributed by atoms with van der Waals surface area (Å²) >= 11 is 3.61. The van der Waals surface area contributed by atoms with Gasteiger partial charge in [-0.3, -0.25) is 0 Å². The van der Waals surface area contributed by atoms with Gasteiger partial charge in [-0.15, -0.1) is 0 Å². The van der Waals surface area contributed by atoms with Crippen LogP contribution >= 0.6 is 15.9 Å². The normalized spacial score (nSPS) is 18.6. The van der Waals surface area contributed by atoms with Gasteiger partial charge in [-0.25, -0.2) is 0 Å². The Labute approximate surface area is 130 Å². The van der Waals surface area contributed by atoms with Gasteiger partial charge in [-0.2, -0.15) is 5.26 Å². The number of hydrogen-bond donors (Lipinski definition) is 1. The van der Waals surface area contributed by atoms with Crippen LogP contribution < -0.4 is 10.2 Å². The summed E-state index contributed by atoms with van der Waals surface area (Å²) < 4.78 is 1.01. The van der Waals surface area contributed by atoms with Crippen LogP contribution in [0.25, 0.3) is 0 Å². The molecule has 3 nitrogen and oxygen atoms in total. The van der Waals surface area contributed by atoms with Gasteiger partial charge >= 0.3 is 0 Å². The maximum atomic E-state index is 8.96. The average Bonchev–Trinajstić information content (AvgIpc) is 2.48. The molecule has 20 heavy (non-hydrogen) atoms. The molecule has 4 heteroatoms. The van der Waals surface area contributed by atoms with Crippen LogP contribution in [0.15, 0.2) is 22.7 Å². The van der Waals surface area contributed by atoms with Crippen molar-refractivity contribution in [1.29, 1.82) is 5.26 Å². The quantitative estimate of drug-likeness (QED) is 0.892. The van der Waals surface area contributed by atoms with Gasteiger partial charge in [-0.1, -0.05) is 13.3 Å². The first-order chi connectivity index (χ1) is 9.74. The van der Waals surface area contributed by atoms with Crippen molar-refractivity contribution < 1.29 is 0 Å². The Bertz CT molecular complexity index is 475. The van der Waals surface area contributed by atoms with E-state index in [4.69, 9.17) is 5.26 Å². The Morgan fingerprint density at radius 2 is 2.30 bits per heavy atom. The Morgan fingerprint density at radius 3 is 2.90 bits per heavy atom. The third-order valence-electron chi connectivity index (χ3n) is 3.76. The Morgan fingerprint density at radius 1 is 1.45 bits per heavy atom. The highest BCUT2D eigenvalue weighted by molar-refractivity contribution is 9.10. The smallest absolute Gasteiger partial charge is 0.0992 e. The van der Waals surface area contributed by atoms with Crippen molar-refractivity contribution in [3.63, 3.8) is 0 Å². The molecule has 1 N–H and O–H groups in total. The number of benzene rings is 1. The average molecular weight is 336 g/mol. The van der Waals surface area contributed by atoms with Gasteiger partial charge in [0.2, 0.25) is 0 Å². The molecule has 1 aliphatic rings. The van der Waals surface area contributed by atoms with E-state index in [0.717, 1.165) is 30.5 Å². The van der Waals surface area contributed by atoms with Crippen LogP contribution in [0.4, 0.5) is 5.69 Å². The van der Waals surface area contributed by atoms with Crippen molar-refractivity contribution in [2.45, 2.75) is 38.6 Å². The lowest BCUT2D eigenvalue weighted by atomic mass is 10.0. The van der Waals surface area contributed by atoms with E-state index >= 15 is 0 Å². The molecule has 1 fully saturated rings.